The largest absolute Gasteiger partial charge is 0.345 e. The number of fused-ring (bicyclic) bond motifs is 3. The monoisotopic (exact) mass is 312 g/mol. The van der Waals surface area contributed by atoms with E-state index in [1.54, 1.807) is 6.20 Å². The average molecular weight is 312 g/mol. The van der Waals surface area contributed by atoms with E-state index in [0.717, 1.165) is 41.5 Å². The number of aromatic amines is 1. The van der Waals surface area contributed by atoms with Crippen LogP contribution in [-0.4, -0.2) is 31.1 Å². The molecule has 0 spiro atoms. The van der Waals surface area contributed by atoms with Crippen molar-refractivity contribution in [1.29, 1.82) is 0 Å². The van der Waals surface area contributed by atoms with Crippen LogP contribution in [0.2, 0.25) is 0 Å². The molecule has 3 N–H and O–H groups in total. The first-order valence-electron chi connectivity index (χ1n) is 8.69. The van der Waals surface area contributed by atoms with Gasteiger partial charge in [0.2, 0.25) is 0 Å². The van der Waals surface area contributed by atoms with Gasteiger partial charge in [-0.05, 0) is 50.1 Å². The second-order valence-corrected chi connectivity index (χ2v) is 6.76. The van der Waals surface area contributed by atoms with Crippen LogP contribution < -0.4 is 5.73 Å². The lowest BCUT2D eigenvalue weighted by molar-refractivity contribution is 0.435. The van der Waals surface area contributed by atoms with Crippen LogP contribution in [-0.2, 0) is 0 Å². The molecule has 1 saturated carbocycles. The number of hydrogen-bond acceptors (Lipinski definition) is 4. The minimum Gasteiger partial charge on any atom is -0.345 e. The first-order valence-corrected chi connectivity index (χ1v) is 8.69. The molecule has 0 radical (unpaired) electrons. The van der Waals surface area contributed by atoms with Crippen molar-refractivity contribution in [2.45, 2.75) is 44.9 Å². The van der Waals surface area contributed by atoms with Gasteiger partial charge in [-0.2, -0.15) is 0 Å². The quantitative estimate of drug-likeness (QED) is 0.758. The van der Waals surface area contributed by atoms with Crippen molar-refractivity contribution in [2.75, 3.05) is 6.54 Å². The first kappa shape index (κ1) is 14.6. The van der Waals surface area contributed by atoms with Crippen molar-refractivity contribution in [1.82, 2.24) is 24.6 Å². The number of nitrogens with two attached hydrogens (primary N) is 1. The fraction of sp³-hybridized carbons (Fsp3) is 0.588. The zero-order valence-corrected chi connectivity index (χ0v) is 13.6. The molecule has 1 aliphatic carbocycles. The van der Waals surface area contributed by atoms with E-state index in [1.807, 2.05) is 6.20 Å². The Hall–Kier alpha value is -1.95. The maximum Gasteiger partial charge on any atom is 0.179 e. The number of rotatable bonds is 5. The van der Waals surface area contributed by atoms with Gasteiger partial charge in [-0.15, -0.1) is 10.2 Å². The molecule has 4 rings (SSSR count). The van der Waals surface area contributed by atoms with Crippen molar-refractivity contribution in [3.05, 3.63) is 24.3 Å². The number of nitrogens with one attached hydrogen (secondary N) is 1. The zero-order chi connectivity index (χ0) is 15.8. The standard InChI is InChI=1S/C17H24N6/c1-2-12-8-11(4-3-6-18)9-13(12)17-22-21-15-10-20-16-14(23(15)17)5-7-19-16/h5,7,10-13,19H,2-4,6,8-9,18H2,1H3/t11-,12-,13+/m1/s1. The summed E-state index contributed by atoms with van der Waals surface area (Å²) in [5.74, 6) is 3.05. The highest BCUT2D eigenvalue weighted by Gasteiger charge is 2.36. The second-order valence-electron chi connectivity index (χ2n) is 6.76. The number of H-pyrrole nitrogens is 1. The van der Waals surface area contributed by atoms with Gasteiger partial charge in [0.05, 0.1) is 11.7 Å². The van der Waals surface area contributed by atoms with E-state index in [1.165, 1.54) is 25.7 Å². The van der Waals surface area contributed by atoms with Gasteiger partial charge >= 0.3 is 0 Å². The molecule has 0 amide bonds. The fourth-order valence-electron chi connectivity index (χ4n) is 4.29. The van der Waals surface area contributed by atoms with Gasteiger partial charge in [-0.1, -0.05) is 13.3 Å². The van der Waals surface area contributed by atoms with E-state index in [0.29, 0.717) is 11.8 Å². The summed E-state index contributed by atoms with van der Waals surface area (Å²) in [4.78, 5) is 7.59. The fourth-order valence-corrected chi connectivity index (χ4v) is 4.29. The lowest BCUT2D eigenvalue weighted by Gasteiger charge is -2.16. The Morgan fingerprint density at radius 3 is 3.09 bits per heavy atom. The molecule has 0 saturated heterocycles. The molecular weight excluding hydrogens is 288 g/mol. The summed E-state index contributed by atoms with van der Waals surface area (Å²) in [5.41, 5.74) is 8.50. The molecule has 3 heterocycles. The Bertz CT molecular complexity index is 804. The van der Waals surface area contributed by atoms with E-state index in [4.69, 9.17) is 5.73 Å². The van der Waals surface area contributed by atoms with Crippen molar-refractivity contribution in [3.8, 4) is 0 Å². The minimum atomic E-state index is 0.485. The summed E-state index contributed by atoms with van der Waals surface area (Å²) in [6.07, 6.45) is 9.78. The summed E-state index contributed by atoms with van der Waals surface area (Å²) in [6, 6.07) is 2.06. The molecule has 6 heteroatoms. The molecule has 0 aliphatic heterocycles. The van der Waals surface area contributed by atoms with E-state index in [2.05, 4.69) is 37.6 Å². The molecule has 3 atom stereocenters. The lowest BCUT2D eigenvalue weighted by atomic mass is 9.93. The maximum atomic E-state index is 5.69. The van der Waals surface area contributed by atoms with Gasteiger partial charge < -0.3 is 10.7 Å². The van der Waals surface area contributed by atoms with E-state index in [9.17, 15) is 0 Å². The molecule has 1 fully saturated rings. The first-order chi connectivity index (χ1) is 11.3. The normalized spacial score (nSPS) is 24.9. The van der Waals surface area contributed by atoms with Gasteiger partial charge in [-0.25, -0.2) is 4.98 Å². The number of aromatic nitrogens is 5. The van der Waals surface area contributed by atoms with Gasteiger partial charge in [0.15, 0.2) is 11.3 Å². The molecule has 23 heavy (non-hydrogen) atoms. The Kier molecular flexibility index (Phi) is 3.77. The minimum absolute atomic E-state index is 0.485. The topological polar surface area (TPSA) is 84.9 Å². The van der Waals surface area contributed by atoms with E-state index < -0.39 is 0 Å². The molecule has 3 aromatic rings. The molecule has 1 aliphatic rings. The van der Waals surface area contributed by atoms with Crippen LogP contribution in [0.25, 0.3) is 16.8 Å². The lowest BCUT2D eigenvalue weighted by Crippen LogP contribution is -2.09. The molecular formula is C17H24N6. The Labute approximate surface area is 135 Å². The van der Waals surface area contributed by atoms with E-state index >= 15 is 0 Å². The van der Waals surface area contributed by atoms with Crippen molar-refractivity contribution in [3.63, 3.8) is 0 Å². The summed E-state index contributed by atoms with van der Waals surface area (Å²) in [6.45, 7) is 3.08. The molecule has 3 aromatic heterocycles. The molecule has 0 bridgehead atoms. The highest BCUT2D eigenvalue weighted by molar-refractivity contribution is 5.74. The summed E-state index contributed by atoms with van der Waals surface area (Å²) in [7, 11) is 0. The van der Waals surface area contributed by atoms with Crippen LogP contribution in [0.5, 0.6) is 0 Å². The summed E-state index contributed by atoms with van der Waals surface area (Å²) >= 11 is 0. The van der Waals surface area contributed by atoms with Crippen LogP contribution >= 0.6 is 0 Å². The van der Waals surface area contributed by atoms with Crippen LogP contribution in [0.4, 0.5) is 0 Å². The second kappa shape index (κ2) is 5.92. The summed E-state index contributed by atoms with van der Waals surface area (Å²) < 4.78 is 2.19. The van der Waals surface area contributed by atoms with E-state index in [-0.39, 0.29) is 0 Å². The zero-order valence-electron chi connectivity index (χ0n) is 13.6. The third-order valence-corrected chi connectivity index (χ3v) is 5.43. The third-order valence-electron chi connectivity index (χ3n) is 5.43. The van der Waals surface area contributed by atoms with Crippen molar-refractivity contribution in [2.24, 2.45) is 17.6 Å². The Balaban J connectivity index is 1.74. The predicted octanol–water partition coefficient (Wildman–Crippen LogP) is 2.86. The van der Waals surface area contributed by atoms with Crippen LogP contribution in [0.1, 0.15) is 50.8 Å². The molecule has 122 valence electrons. The molecule has 6 nitrogen and oxygen atoms in total. The maximum absolute atomic E-state index is 5.69. The van der Waals surface area contributed by atoms with Gasteiger partial charge in [0.25, 0.3) is 0 Å². The predicted molar refractivity (Wildman–Crippen MR) is 90.2 cm³/mol. The number of nitrogens with zero attached hydrogens (tertiary/aromatic N) is 4. The molecule has 0 aromatic carbocycles. The van der Waals surface area contributed by atoms with Crippen molar-refractivity contribution >= 4 is 16.8 Å². The highest BCUT2D eigenvalue weighted by Crippen LogP contribution is 2.45. The van der Waals surface area contributed by atoms with Crippen molar-refractivity contribution < 1.29 is 0 Å². The Morgan fingerprint density at radius 2 is 2.26 bits per heavy atom. The average Bonchev–Trinajstić information content (AvgIpc) is 3.28. The van der Waals surface area contributed by atoms with Gasteiger partial charge in [0, 0.05) is 12.1 Å². The SMILES string of the molecule is CC[C@@H]1C[C@@H](CCCN)C[C@@H]1c1nnc2cnc3[nH]ccc3n12. The van der Waals surface area contributed by atoms with Gasteiger partial charge in [0.1, 0.15) is 5.82 Å². The van der Waals surface area contributed by atoms with Gasteiger partial charge in [-0.3, -0.25) is 4.40 Å². The highest BCUT2D eigenvalue weighted by atomic mass is 15.3. The van der Waals surface area contributed by atoms with Crippen LogP contribution in [0.15, 0.2) is 18.5 Å². The number of hydrogen-bond donors (Lipinski definition) is 2. The smallest absolute Gasteiger partial charge is 0.179 e. The third kappa shape index (κ3) is 2.41. The van der Waals surface area contributed by atoms with Crippen LogP contribution in [0, 0.1) is 11.8 Å². The van der Waals surface area contributed by atoms with Crippen LogP contribution in [0.3, 0.4) is 0 Å². The molecule has 0 unspecified atom stereocenters. The Morgan fingerprint density at radius 1 is 1.35 bits per heavy atom. The summed E-state index contributed by atoms with van der Waals surface area (Å²) in [5, 5.41) is 8.92.